The van der Waals surface area contributed by atoms with Crippen molar-refractivity contribution in [1.29, 1.82) is 0 Å². The minimum atomic E-state index is 0.214. The molecule has 1 aliphatic rings. The van der Waals surface area contributed by atoms with Gasteiger partial charge < -0.3 is 20.1 Å². The topological polar surface area (TPSA) is 74.6 Å². The molecule has 0 bridgehead atoms. The highest BCUT2D eigenvalue weighted by Crippen LogP contribution is 2.21. The summed E-state index contributed by atoms with van der Waals surface area (Å²) in [4.78, 5) is 22.4. The Morgan fingerprint density at radius 2 is 1.96 bits per heavy atom. The Bertz CT molecular complexity index is 809. The van der Waals surface area contributed by atoms with Gasteiger partial charge in [-0.1, -0.05) is 26.0 Å². The van der Waals surface area contributed by atoms with Crippen molar-refractivity contribution in [3.05, 3.63) is 48.0 Å². The van der Waals surface area contributed by atoms with Gasteiger partial charge in [-0.2, -0.15) is 0 Å². The molecule has 28 heavy (non-hydrogen) atoms. The summed E-state index contributed by atoms with van der Waals surface area (Å²) >= 11 is 0. The number of imidazole rings is 1. The summed E-state index contributed by atoms with van der Waals surface area (Å²) < 4.78 is 2.17. The van der Waals surface area contributed by atoms with Crippen LogP contribution < -0.4 is 15.5 Å². The number of anilines is 1. The third kappa shape index (κ3) is 5.12. The van der Waals surface area contributed by atoms with E-state index in [1.165, 1.54) is 0 Å². The van der Waals surface area contributed by atoms with E-state index in [0.29, 0.717) is 25.4 Å². The van der Waals surface area contributed by atoms with Crippen LogP contribution in [0.4, 0.5) is 5.69 Å². The molecular formula is C21H30N6O. The number of nitrogens with one attached hydrogen (secondary N) is 2. The number of rotatable bonds is 7. The Kier molecular flexibility index (Phi) is 6.68. The Morgan fingerprint density at radius 1 is 1.21 bits per heavy atom. The lowest BCUT2D eigenvalue weighted by Crippen LogP contribution is -2.37. The molecule has 7 heteroatoms. The number of hydrogen-bond donors (Lipinski definition) is 2. The maximum atomic E-state index is 11.8. The lowest BCUT2D eigenvalue weighted by atomic mass is 10.2. The quantitative estimate of drug-likeness (QED) is 0.570. The van der Waals surface area contributed by atoms with Crippen LogP contribution in [-0.2, 0) is 24.4 Å². The summed E-state index contributed by atoms with van der Waals surface area (Å²) in [5, 5.41) is 6.65. The van der Waals surface area contributed by atoms with Crippen molar-refractivity contribution in [2.45, 2.75) is 46.3 Å². The molecule has 0 radical (unpaired) electrons. The SMILES string of the molecule is CN=C(NCc1ccc(N2CCCC2=O)cc1)NCc1nccn1CC(C)C. The van der Waals surface area contributed by atoms with Crippen LogP contribution in [-0.4, -0.2) is 35.0 Å². The van der Waals surface area contributed by atoms with E-state index in [4.69, 9.17) is 0 Å². The number of aromatic nitrogens is 2. The fourth-order valence-electron chi connectivity index (χ4n) is 3.35. The van der Waals surface area contributed by atoms with Crippen molar-refractivity contribution in [3.63, 3.8) is 0 Å². The second-order valence-corrected chi connectivity index (χ2v) is 7.48. The lowest BCUT2D eigenvalue weighted by molar-refractivity contribution is -0.117. The smallest absolute Gasteiger partial charge is 0.227 e. The van der Waals surface area contributed by atoms with Gasteiger partial charge in [-0.25, -0.2) is 4.98 Å². The number of guanidine groups is 1. The van der Waals surface area contributed by atoms with E-state index in [9.17, 15) is 4.79 Å². The molecule has 1 saturated heterocycles. The van der Waals surface area contributed by atoms with Crippen molar-refractivity contribution in [3.8, 4) is 0 Å². The third-order valence-electron chi connectivity index (χ3n) is 4.78. The fraction of sp³-hybridized carbons (Fsp3) is 0.476. The molecule has 1 aromatic carbocycles. The summed E-state index contributed by atoms with van der Waals surface area (Å²) in [6.45, 7) is 7.45. The van der Waals surface area contributed by atoms with Gasteiger partial charge in [0.05, 0.1) is 6.54 Å². The molecule has 1 amide bonds. The third-order valence-corrected chi connectivity index (χ3v) is 4.78. The largest absolute Gasteiger partial charge is 0.352 e. The minimum absolute atomic E-state index is 0.214. The Hall–Kier alpha value is -2.83. The van der Waals surface area contributed by atoms with Gasteiger partial charge in [-0.05, 0) is 30.0 Å². The first-order valence-corrected chi connectivity index (χ1v) is 9.90. The van der Waals surface area contributed by atoms with Gasteiger partial charge in [0.1, 0.15) is 5.82 Å². The van der Waals surface area contributed by atoms with Gasteiger partial charge in [0.15, 0.2) is 5.96 Å². The molecule has 1 fully saturated rings. The monoisotopic (exact) mass is 382 g/mol. The number of hydrogen-bond acceptors (Lipinski definition) is 3. The Labute approximate surface area is 166 Å². The zero-order chi connectivity index (χ0) is 19.9. The highest BCUT2D eigenvalue weighted by molar-refractivity contribution is 5.95. The van der Waals surface area contributed by atoms with E-state index >= 15 is 0 Å². The van der Waals surface area contributed by atoms with E-state index in [1.807, 2.05) is 29.4 Å². The molecule has 0 aliphatic carbocycles. The standard InChI is InChI=1S/C21H30N6O/c1-16(2)15-26-12-10-23-19(26)14-25-21(22-3)24-13-17-6-8-18(9-7-17)27-11-4-5-20(27)28/h6-10,12,16H,4-5,11,13-15H2,1-3H3,(H2,22,24,25). The first kappa shape index (κ1) is 19.9. The summed E-state index contributed by atoms with van der Waals surface area (Å²) in [7, 11) is 1.76. The van der Waals surface area contributed by atoms with E-state index in [0.717, 1.165) is 42.5 Å². The lowest BCUT2D eigenvalue weighted by Gasteiger charge is -2.16. The van der Waals surface area contributed by atoms with Crippen LogP contribution in [0.15, 0.2) is 41.7 Å². The van der Waals surface area contributed by atoms with Crippen molar-refractivity contribution in [2.24, 2.45) is 10.9 Å². The van der Waals surface area contributed by atoms with Crippen LogP contribution in [0.2, 0.25) is 0 Å². The maximum absolute atomic E-state index is 11.8. The predicted molar refractivity (Wildman–Crippen MR) is 112 cm³/mol. The number of amides is 1. The average Bonchev–Trinajstić information content (AvgIpc) is 3.31. The highest BCUT2D eigenvalue weighted by Gasteiger charge is 2.21. The van der Waals surface area contributed by atoms with Gasteiger partial charge in [0.2, 0.25) is 5.91 Å². The Morgan fingerprint density at radius 3 is 2.61 bits per heavy atom. The molecule has 0 atom stereocenters. The highest BCUT2D eigenvalue weighted by atomic mass is 16.2. The van der Waals surface area contributed by atoms with E-state index in [-0.39, 0.29) is 5.91 Å². The van der Waals surface area contributed by atoms with Crippen LogP contribution in [0.25, 0.3) is 0 Å². The van der Waals surface area contributed by atoms with Crippen LogP contribution in [0.5, 0.6) is 0 Å². The molecule has 2 N–H and O–H groups in total. The summed E-state index contributed by atoms with van der Waals surface area (Å²) in [5.74, 6) is 2.52. The van der Waals surface area contributed by atoms with Crippen LogP contribution in [0.1, 0.15) is 38.1 Å². The number of aliphatic imine (C=N–C) groups is 1. The average molecular weight is 383 g/mol. The first-order valence-electron chi connectivity index (χ1n) is 9.90. The van der Waals surface area contributed by atoms with Crippen LogP contribution in [0.3, 0.4) is 0 Å². The van der Waals surface area contributed by atoms with E-state index in [1.54, 1.807) is 7.05 Å². The summed E-state index contributed by atoms with van der Waals surface area (Å²) in [6, 6.07) is 8.13. The van der Waals surface area contributed by atoms with Gasteiger partial charge in [0, 0.05) is 51.2 Å². The number of carbonyl (C=O) groups excluding carboxylic acids is 1. The molecule has 2 heterocycles. The van der Waals surface area contributed by atoms with Crippen LogP contribution >= 0.6 is 0 Å². The van der Waals surface area contributed by atoms with E-state index < -0.39 is 0 Å². The van der Waals surface area contributed by atoms with Gasteiger partial charge in [0.25, 0.3) is 0 Å². The zero-order valence-electron chi connectivity index (χ0n) is 17.0. The first-order chi connectivity index (χ1) is 13.6. The second kappa shape index (κ2) is 9.39. The zero-order valence-corrected chi connectivity index (χ0v) is 17.0. The fourth-order valence-corrected chi connectivity index (χ4v) is 3.35. The molecule has 1 aliphatic heterocycles. The molecule has 2 aromatic rings. The minimum Gasteiger partial charge on any atom is -0.352 e. The van der Waals surface area contributed by atoms with Crippen molar-refractivity contribution < 1.29 is 4.79 Å². The molecule has 3 rings (SSSR count). The summed E-state index contributed by atoms with van der Waals surface area (Å²) in [6.07, 6.45) is 5.45. The van der Waals surface area contributed by atoms with Crippen molar-refractivity contribution in [1.82, 2.24) is 20.2 Å². The molecule has 0 unspecified atom stereocenters. The van der Waals surface area contributed by atoms with Crippen LogP contribution in [0, 0.1) is 5.92 Å². The molecular weight excluding hydrogens is 352 g/mol. The molecule has 0 spiro atoms. The predicted octanol–water partition coefficient (Wildman–Crippen LogP) is 2.53. The van der Waals surface area contributed by atoms with Crippen molar-refractivity contribution in [2.75, 3.05) is 18.5 Å². The van der Waals surface area contributed by atoms with Gasteiger partial charge >= 0.3 is 0 Å². The maximum Gasteiger partial charge on any atom is 0.227 e. The van der Waals surface area contributed by atoms with Crippen molar-refractivity contribution >= 4 is 17.6 Å². The van der Waals surface area contributed by atoms with Gasteiger partial charge in [-0.3, -0.25) is 9.79 Å². The number of nitrogens with zero attached hydrogens (tertiary/aromatic N) is 4. The molecule has 7 nitrogen and oxygen atoms in total. The normalized spacial score (nSPS) is 14.8. The Balaban J connectivity index is 1.50. The number of carbonyl (C=O) groups is 1. The second-order valence-electron chi connectivity index (χ2n) is 7.48. The molecule has 1 aromatic heterocycles. The molecule has 150 valence electrons. The molecule has 0 saturated carbocycles. The number of benzene rings is 1. The summed E-state index contributed by atoms with van der Waals surface area (Å²) in [5.41, 5.74) is 2.12. The van der Waals surface area contributed by atoms with E-state index in [2.05, 4.69) is 51.2 Å². The van der Waals surface area contributed by atoms with Gasteiger partial charge in [-0.15, -0.1) is 0 Å².